The van der Waals surface area contributed by atoms with E-state index in [1.807, 2.05) is 0 Å². The summed E-state index contributed by atoms with van der Waals surface area (Å²) in [6.45, 7) is 5.05. The second kappa shape index (κ2) is 7.32. The van der Waals surface area contributed by atoms with Crippen molar-refractivity contribution in [2.24, 2.45) is 11.7 Å². The van der Waals surface area contributed by atoms with Crippen LogP contribution in [0.5, 0.6) is 0 Å². The fourth-order valence-corrected chi connectivity index (χ4v) is 3.81. The Labute approximate surface area is 156 Å². The van der Waals surface area contributed by atoms with Crippen molar-refractivity contribution >= 4 is 29.1 Å². The molecule has 2 unspecified atom stereocenters. The number of hydrogen-bond donors (Lipinski definition) is 1. The van der Waals surface area contributed by atoms with Crippen LogP contribution in [-0.2, 0) is 0 Å². The number of piperidine rings is 1. The average Bonchev–Trinajstić information content (AvgIpc) is 2.95. The van der Waals surface area contributed by atoms with Crippen molar-refractivity contribution in [3.8, 4) is 5.69 Å². The Morgan fingerprint density at radius 3 is 2.68 bits per heavy atom. The van der Waals surface area contributed by atoms with Crippen molar-refractivity contribution in [1.29, 1.82) is 0 Å². The molecule has 1 aromatic carbocycles. The number of rotatable bonds is 3. The molecule has 25 heavy (non-hydrogen) atoms. The van der Waals surface area contributed by atoms with Crippen LogP contribution in [0.3, 0.4) is 0 Å². The minimum Gasteiger partial charge on any atom is -0.332 e. The molecule has 2 aromatic rings. The molecule has 1 aliphatic heterocycles. The molecule has 1 saturated heterocycles. The normalized spacial score (nSPS) is 20.8. The van der Waals surface area contributed by atoms with Crippen molar-refractivity contribution in [3.63, 3.8) is 0 Å². The van der Waals surface area contributed by atoms with Gasteiger partial charge < -0.3 is 10.6 Å². The lowest BCUT2D eigenvalue weighted by Crippen LogP contribution is -2.49. The topological polar surface area (TPSA) is 77.0 Å². The number of carbonyl (C=O) groups is 1. The number of para-hydroxylation sites is 1. The molecule has 8 heteroatoms. The maximum atomic E-state index is 12.9. The number of carbonyl (C=O) groups excluding carboxylic acids is 1. The van der Waals surface area contributed by atoms with Crippen LogP contribution < -0.4 is 5.73 Å². The molecule has 1 aliphatic rings. The molecule has 0 bridgehead atoms. The SMILES string of the molecule is Cc1nc(C(=O)N2CCC(C)CC2CN)nn1-c1c(Cl)cccc1Cl. The van der Waals surface area contributed by atoms with Crippen molar-refractivity contribution in [2.45, 2.75) is 32.7 Å². The van der Waals surface area contributed by atoms with Crippen LogP contribution in [-0.4, -0.2) is 44.7 Å². The number of halogens is 2. The Morgan fingerprint density at radius 2 is 2.04 bits per heavy atom. The molecule has 0 spiro atoms. The first-order valence-corrected chi connectivity index (χ1v) is 9.07. The Kier molecular flexibility index (Phi) is 5.32. The van der Waals surface area contributed by atoms with Crippen LogP contribution in [0.15, 0.2) is 18.2 Å². The van der Waals surface area contributed by atoms with Gasteiger partial charge in [0.1, 0.15) is 11.5 Å². The van der Waals surface area contributed by atoms with Crippen LogP contribution in [0.25, 0.3) is 5.69 Å². The zero-order valence-electron chi connectivity index (χ0n) is 14.2. The molecule has 0 aliphatic carbocycles. The van der Waals surface area contributed by atoms with E-state index in [2.05, 4.69) is 17.0 Å². The summed E-state index contributed by atoms with van der Waals surface area (Å²) < 4.78 is 1.52. The second-order valence-electron chi connectivity index (χ2n) is 6.48. The summed E-state index contributed by atoms with van der Waals surface area (Å²) in [4.78, 5) is 19.0. The Morgan fingerprint density at radius 1 is 1.36 bits per heavy atom. The third-order valence-corrected chi connectivity index (χ3v) is 5.23. The van der Waals surface area contributed by atoms with Crippen LogP contribution >= 0.6 is 23.2 Å². The highest BCUT2D eigenvalue weighted by Gasteiger charge is 2.32. The number of aromatic nitrogens is 3. The first-order chi connectivity index (χ1) is 11.9. The fourth-order valence-electron chi connectivity index (χ4n) is 3.25. The number of nitrogens with zero attached hydrogens (tertiary/aromatic N) is 4. The molecular weight excluding hydrogens is 361 g/mol. The van der Waals surface area contributed by atoms with E-state index < -0.39 is 0 Å². The van der Waals surface area contributed by atoms with Crippen molar-refractivity contribution in [2.75, 3.05) is 13.1 Å². The van der Waals surface area contributed by atoms with Crippen molar-refractivity contribution < 1.29 is 4.79 Å². The second-order valence-corrected chi connectivity index (χ2v) is 7.30. The summed E-state index contributed by atoms with van der Waals surface area (Å²) in [6.07, 6.45) is 1.86. The summed E-state index contributed by atoms with van der Waals surface area (Å²) in [6, 6.07) is 5.23. The molecule has 2 N–H and O–H groups in total. The summed E-state index contributed by atoms with van der Waals surface area (Å²) >= 11 is 12.5. The average molecular weight is 382 g/mol. The van der Waals surface area contributed by atoms with Crippen molar-refractivity contribution in [3.05, 3.63) is 39.9 Å². The summed E-state index contributed by atoms with van der Waals surface area (Å²) in [5, 5.41) is 5.27. The van der Waals surface area contributed by atoms with E-state index in [0.717, 1.165) is 12.8 Å². The van der Waals surface area contributed by atoms with Crippen LogP contribution in [0, 0.1) is 12.8 Å². The molecule has 134 valence electrons. The van der Waals surface area contributed by atoms with Gasteiger partial charge in [0, 0.05) is 19.1 Å². The van der Waals surface area contributed by atoms with Gasteiger partial charge in [0.25, 0.3) is 5.91 Å². The van der Waals surface area contributed by atoms with Gasteiger partial charge in [0.2, 0.25) is 5.82 Å². The molecule has 1 aromatic heterocycles. The summed E-state index contributed by atoms with van der Waals surface area (Å²) in [5.41, 5.74) is 6.39. The van der Waals surface area contributed by atoms with Crippen LogP contribution in [0.2, 0.25) is 10.0 Å². The summed E-state index contributed by atoms with van der Waals surface area (Å²) in [5.74, 6) is 1.05. The highest BCUT2D eigenvalue weighted by atomic mass is 35.5. The number of benzene rings is 1. The molecule has 2 heterocycles. The third-order valence-electron chi connectivity index (χ3n) is 4.62. The first-order valence-electron chi connectivity index (χ1n) is 8.31. The highest BCUT2D eigenvalue weighted by molar-refractivity contribution is 6.37. The van der Waals surface area contributed by atoms with Gasteiger partial charge in [0.15, 0.2) is 0 Å². The maximum Gasteiger partial charge on any atom is 0.293 e. The fraction of sp³-hybridized carbons (Fsp3) is 0.471. The maximum absolute atomic E-state index is 12.9. The zero-order chi connectivity index (χ0) is 18.1. The lowest BCUT2D eigenvalue weighted by Gasteiger charge is -2.37. The molecule has 2 atom stereocenters. The molecule has 1 amide bonds. The van der Waals surface area contributed by atoms with E-state index in [0.29, 0.717) is 40.6 Å². The predicted octanol–water partition coefficient (Wildman–Crippen LogP) is 3.08. The smallest absolute Gasteiger partial charge is 0.293 e. The standard InChI is InChI=1S/C17H21Cl2N5O/c1-10-6-7-23(12(8-10)9-20)17(25)16-21-11(2)24(22-16)15-13(18)4-3-5-14(15)19/h3-5,10,12H,6-9,20H2,1-2H3. The first kappa shape index (κ1) is 18.2. The molecule has 1 fully saturated rings. The Bertz CT molecular complexity index is 771. The zero-order valence-corrected chi connectivity index (χ0v) is 15.8. The monoisotopic (exact) mass is 381 g/mol. The van der Waals surface area contributed by atoms with Gasteiger partial charge in [-0.1, -0.05) is 36.2 Å². The van der Waals surface area contributed by atoms with Crippen LogP contribution in [0.4, 0.5) is 0 Å². The van der Waals surface area contributed by atoms with E-state index in [1.165, 1.54) is 4.68 Å². The van der Waals surface area contributed by atoms with Crippen molar-refractivity contribution in [1.82, 2.24) is 19.7 Å². The van der Waals surface area contributed by atoms with E-state index in [-0.39, 0.29) is 17.8 Å². The molecule has 6 nitrogen and oxygen atoms in total. The molecule has 0 radical (unpaired) electrons. The highest BCUT2D eigenvalue weighted by Crippen LogP contribution is 2.29. The quantitative estimate of drug-likeness (QED) is 0.885. The minimum atomic E-state index is -0.202. The van der Waals surface area contributed by atoms with E-state index in [1.54, 1.807) is 30.0 Å². The van der Waals surface area contributed by atoms with E-state index in [4.69, 9.17) is 28.9 Å². The van der Waals surface area contributed by atoms with Gasteiger partial charge in [-0.2, -0.15) is 0 Å². The Balaban J connectivity index is 1.93. The third kappa shape index (κ3) is 3.52. The summed E-state index contributed by atoms with van der Waals surface area (Å²) in [7, 11) is 0. The lowest BCUT2D eigenvalue weighted by molar-refractivity contribution is 0.0561. The van der Waals surface area contributed by atoms with Gasteiger partial charge >= 0.3 is 0 Å². The van der Waals surface area contributed by atoms with Gasteiger partial charge in [-0.25, -0.2) is 9.67 Å². The number of amides is 1. The van der Waals surface area contributed by atoms with Gasteiger partial charge in [0.05, 0.1) is 10.0 Å². The molecule has 3 rings (SSSR count). The largest absolute Gasteiger partial charge is 0.332 e. The van der Waals surface area contributed by atoms with Crippen LogP contribution in [0.1, 0.15) is 36.2 Å². The Hall–Kier alpha value is -1.63. The van der Waals surface area contributed by atoms with Gasteiger partial charge in [-0.3, -0.25) is 4.79 Å². The molecule has 0 saturated carbocycles. The predicted molar refractivity (Wildman–Crippen MR) is 98.4 cm³/mol. The number of aryl methyl sites for hydroxylation is 1. The molecular formula is C17H21Cl2N5O. The van der Waals surface area contributed by atoms with E-state index in [9.17, 15) is 4.79 Å². The number of nitrogens with two attached hydrogens (primary N) is 1. The number of hydrogen-bond acceptors (Lipinski definition) is 4. The lowest BCUT2D eigenvalue weighted by atomic mass is 9.92. The van der Waals surface area contributed by atoms with Gasteiger partial charge in [-0.15, -0.1) is 5.10 Å². The van der Waals surface area contributed by atoms with E-state index >= 15 is 0 Å². The minimum absolute atomic E-state index is 0.0207. The van der Waals surface area contributed by atoms with Gasteiger partial charge in [-0.05, 0) is 37.8 Å². The number of likely N-dealkylation sites (tertiary alicyclic amines) is 1.